The van der Waals surface area contributed by atoms with Gasteiger partial charge in [-0.05, 0) is 78.7 Å². The molecule has 3 N–H and O–H groups in total. The third-order valence-corrected chi connectivity index (χ3v) is 9.23. The third-order valence-electron chi connectivity index (χ3n) is 9.23. The number of fused-ring (bicyclic) bond motifs is 3. The molecule has 1 aromatic heterocycles. The molecular weight excluding hydrogens is 509 g/mol. The molecule has 3 aliphatic rings. The third kappa shape index (κ3) is 5.57. The Hall–Kier alpha value is -3.46. The molecule has 3 aromatic rings. The summed E-state index contributed by atoms with van der Waals surface area (Å²) >= 11 is 0. The first kappa shape index (κ1) is 28.1. The zero-order valence-electron chi connectivity index (χ0n) is 23.8. The Morgan fingerprint density at radius 1 is 1.25 bits per heavy atom. The number of aliphatic hydroxyl groups excluding tert-OH is 1. The summed E-state index contributed by atoms with van der Waals surface area (Å²) in [5, 5.41) is 16.8. The van der Waals surface area contributed by atoms with Crippen molar-refractivity contribution in [3.63, 3.8) is 0 Å². The number of aromatic nitrogens is 2. The molecule has 0 saturated heterocycles. The van der Waals surface area contributed by atoms with Crippen LogP contribution < -0.4 is 20.9 Å². The summed E-state index contributed by atoms with van der Waals surface area (Å²) in [5.41, 5.74) is 2.10. The first-order valence-corrected chi connectivity index (χ1v) is 14.2. The van der Waals surface area contributed by atoms with E-state index in [1.807, 2.05) is 12.1 Å². The van der Waals surface area contributed by atoms with Gasteiger partial charge in [0.2, 0.25) is 0 Å². The topological polar surface area (TPSA) is 101 Å². The lowest BCUT2D eigenvalue weighted by Crippen LogP contribution is -2.61. The molecule has 6 rings (SSSR count). The summed E-state index contributed by atoms with van der Waals surface area (Å²) in [5.74, 6) is 2.74. The van der Waals surface area contributed by atoms with E-state index in [-0.39, 0.29) is 18.0 Å². The molecule has 8 nitrogen and oxygen atoms in total. The zero-order chi connectivity index (χ0) is 28.4. The quantitative estimate of drug-likeness (QED) is 0.205. The molecule has 4 atom stereocenters. The SMILES string of the molecule is COc1ccc(CCn2cnc3cc(NC(=NCCCO)NC4C[C@@H]5CC([C@@H]4C)C5(C)C)ccc3c2=O)c(F)c1. The van der Waals surface area contributed by atoms with Crippen LogP contribution in [0.3, 0.4) is 0 Å². The average Bonchev–Trinajstić information content (AvgIpc) is 2.94. The molecule has 2 bridgehead atoms. The minimum atomic E-state index is -0.356. The van der Waals surface area contributed by atoms with Gasteiger partial charge in [-0.15, -0.1) is 0 Å². The fraction of sp³-hybridized carbons (Fsp3) is 0.516. The standard InChI is InChI=1S/C31H40FN5O3/c1-19-25-14-21(31(25,2)3)15-27(19)36-30(33-11-5-13-38)35-22-7-9-24-28(16-22)34-18-37(29(24)39)12-10-20-6-8-23(40-4)17-26(20)32/h6-9,16-19,21,25,27,38H,5,10-15H2,1-4H3,(H2,33,35,36)/t19-,21-,25?,27?/m0/s1. The molecule has 1 heterocycles. The van der Waals surface area contributed by atoms with E-state index < -0.39 is 0 Å². The number of aliphatic hydroxyl groups is 1. The summed E-state index contributed by atoms with van der Waals surface area (Å²) < 4.78 is 20.9. The summed E-state index contributed by atoms with van der Waals surface area (Å²) in [7, 11) is 1.50. The van der Waals surface area contributed by atoms with Crippen molar-refractivity contribution in [3.05, 3.63) is 64.5 Å². The Morgan fingerprint density at radius 2 is 2.08 bits per heavy atom. The summed E-state index contributed by atoms with van der Waals surface area (Å²) in [6, 6.07) is 10.5. The number of hydrogen-bond acceptors (Lipinski definition) is 5. The largest absolute Gasteiger partial charge is 0.497 e. The number of methoxy groups -OCH3 is 1. The van der Waals surface area contributed by atoms with Crippen molar-refractivity contribution in [2.45, 2.75) is 59.0 Å². The van der Waals surface area contributed by atoms with Gasteiger partial charge in [0.1, 0.15) is 11.6 Å². The van der Waals surface area contributed by atoms with E-state index >= 15 is 0 Å². The first-order chi connectivity index (χ1) is 19.2. The lowest BCUT2D eigenvalue weighted by atomic mass is 9.45. The van der Waals surface area contributed by atoms with Gasteiger partial charge in [-0.25, -0.2) is 9.37 Å². The Morgan fingerprint density at radius 3 is 2.77 bits per heavy atom. The number of nitrogens with zero attached hydrogens (tertiary/aromatic N) is 3. The molecule has 3 saturated carbocycles. The highest BCUT2D eigenvalue weighted by molar-refractivity contribution is 5.95. The number of anilines is 1. The molecule has 0 aliphatic heterocycles. The second-order valence-electron chi connectivity index (χ2n) is 11.8. The molecule has 40 heavy (non-hydrogen) atoms. The van der Waals surface area contributed by atoms with Crippen LogP contribution >= 0.6 is 0 Å². The molecule has 3 aliphatic carbocycles. The van der Waals surface area contributed by atoms with Crippen LogP contribution in [-0.2, 0) is 13.0 Å². The summed E-state index contributed by atoms with van der Waals surface area (Å²) in [4.78, 5) is 22.4. The van der Waals surface area contributed by atoms with Crippen LogP contribution in [0.5, 0.6) is 5.75 Å². The number of aliphatic imine (C=N–C) groups is 1. The highest BCUT2D eigenvalue weighted by Crippen LogP contribution is 2.61. The van der Waals surface area contributed by atoms with Gasteiger partial charge < -0.3 is 20.5 Å². The van der Waals surface area contributed by atoms with Gasteiger partial charge in [0.15, 0.2) is 5.96 Å². The number of hydrogen-bond donors (Lipinski definition) is 3. The molecule has 2 unspecified atom stereocenters. The normalized spacial score (nSPS) is 23.5. The lowest BCUT2D eigenvalue weighted by Gasteiger charge is -2.62. The minimum Gasteiger partial charge on any atom is -0.497 e. The van der Waals surface area contributed by atoms with Crippen molar-refractivity contribution in [1.29, 1.82) is 0 Å². The van der Waals surface area contributed by atoms with Crippen LogP contribution in [0.15, 0.2) is 52.5 Å². The molecule has 0 spiro atoms. The number of ether oxygens (including phenoxy) is 1. The van der Waals surface area contributed by atoms with Crippen LogP contribution in [0.1, 0.15) is 45.6 Å². The van der Waals surface area contributed by atoms with Crippen molar-refractivity contribution in [2.24, 2.45) is 28.2 Å². The number of nitrogens with one attached hydrogen (secondary N) is 2. The highest BCUT2D eigenvalue weighted by atomic mass is 19.1. The average molecular weight is 550 g/mol. The van der Waals surface area contributed by atoms with Crippen LogP contribution in [0, 0.1) is 29.0 Å². The molecule has 9 heteroatoms. The summed E-state index contributed by atoms with van der Waals surface area (Å²) in [6.07, 6.45) is 4.89. The smallest absolute Gasteiger partial charge is 0.261 e. The van der Waals surface area contributed by atoms with E-state index in [0.717, 1.165) is 18.0 Å². The van der Waals surface area contributed by atoms with Crippen LogP contribution in [-0.4, -0.2) is 46.9 Å². The fourth-order valence-corrected chi connectivity index (χ4v) is 6.53. The van der Waals surface area contributed by atoms with Gasteiger partial charge in [-0.1, -0.05) is 26.8 Å². The van der Waals surface area contributed by atoms with E-state index in [1.54, 1.807) is 18.2 Å². The highest BCUT2D eigenvalue weighted by Gasteiger charge is 2.56. The van der Waals surface area contributed by atoms with Gasteiger partial charge in [-0.2, -0.15) is 0 Å². The number of benzene rings is 2. The number of guanidine groups is 1. The molecule has 2 aromatic carbocycles. The van der Waals surface area contributed by atoms with E-state index in [0.29, 0.717) is 77.4 Å². The maximum Gasteiger partial charge on any atom is 0.261 e. The van der Waals surface area contributed by atoms with E-state index in [2.05, 4.69) is 36.4 Å². The van der Waals surface area contributed by atoms with Gasteiger partial charge in [0.25, 0.3) is 5.56 Å². The van der Waals surface area contributed by atoms with Gasteiger partial charge in [0.05, 0.1) is 24.3 Å². The number of rotatable bonds is 9. The molecular formula is C31H40FN5O3. The predicted octanol–water partition coefficient (Wildman–Crippen LogP) is 4.60. The second kappa shape index (κ2) is 11.6. The van der Waals surface area contributed by atoms with E-state index in [9.17, 15) is 14.3 Å². The maximum absolute atomic E-state index is 14.3. The Bertz CT molecular complexity index is 1450. The second-order valence-corrected chi connectivity index (χ2v) is 11.8. The lowest BCUT2D eigenvalue weighted by molar-refractivity contribution is -0.112. The zero-order valence-corrected chi connectivity index (χ0v) is 23.8. The monoisotopic (exact) mass is 549 g/mol. The van der Waals surface area contributed by atoms with Crippen molar-refractivity contribution in [1.82, 2.24) is 14.9 Å². The van der Waals surface area contributed by atoms with Crippen LogP contribution in [0.25, 0.3) is 10.9 Å². The maximum atomic E-state index is 14.3. The van der Waals surface area contributed by atoms with Crippen molar-refractivity contribution in [3.8, 4) is 5.75 Å². The van der Waals surface area contributed by atoms with Gasteiger partial charge in [0, 0.05) is 37.5 Å². The first-order valence-electron chi connectivity index (χ1n) is 14.2. The Labute approximate surface area is 234 Å². The van der Waals surface area contributed by atoms with Crippen LogP contribution in [0.4, 0.5) is 10.1 Å². The number of halogens is 1. The van der Waals surface area contributed by atoms with Crippen molar-refractivity contribution < 1.29 is 14.2 Å². The van der Waals surface area contributed by atoms with Crippen molar-refractivity contribution >= 4 is 22.5 Å². The van der Waals surface area contributed by atoms with Crippen LogP contribution in [0.2, 0.25) is 0 Å². The predicted molar refractivity (Wildman–Crippen MR) is 156 cm³/mol. The van der Waals surface area contributed by atoms with Gasteiger partial charge in [-0.3, -0.25) is 14.4 Å². The molecule has 214 valence electrons. The van der Waals surface area contributed by atoms with E-state index in [4.69, 9.17) is 9.73 Å². The van der Waals surface area contributed by atoms with E-state index in [1.165, 1.54) is 30.5 Å². The fourth-order valence-electron chi connectivity index (χ4n) is 6.53. The summed E-state index contributed by atoms with van der Waals surface area (Å²) in [6.45, 7) is 8.03. The van der Waals surface area contributed by atoms with Gasteiger partial charge >= 0.3 is 0 Å². The Balaban J connectivity index is 1.30. The molecule has 0 radical (unpaired) electrons. The molecule has 3 fully saturated rings. The Kier molecular flexibility index (Phi) is 8.12. The molecule has 0 amide bonds. The van der Waals surface area contributed by atoms with Crippen molar-refractivity contribution in [2.75, 3.05) is 25.6 Å². The number of aryl methyl sites for hydroxylation is 2. The minimum absolute atomic E-state index is 0.0895.